The second-order valence-electron chi connectivity index (χ2n) is 5.22. The van der Waals surface area contributed by atoms with Crippen molar-refractivity contribution in [2.24, 2.45) is 5.10 Å². The largest absolute Gasteiger partial charge is 0.416 e. The smallest absolute Gasteiger partial charge is 0.244 e. The highest BCUT2D eigenvalue weighted by atomic mass is 19.4. The number of benzene rings is 2. The molecule has 0 aliphatic heterocycles. The number of nitrogens with zero attached hydrogens (tertiary/aromatic N) is 4. The molecule has 3 aromatic rings. The molecule has 1 aromatic heterocycles. The zero-order valence-corrected chi connectivity index (χ0v) is 12.0. The van der Waals surface area contributed by atoms with Crippen LogP contribution in [0.5, 0.6) is 0 Å². The molecule has 7 heteroatoms. The summed E-state index contributed by atoms with van der Waals surface area (Å²) in [6, 6.07) is 10.4. The second-order valence-corrected chi connectivity index (χ2v) is 5.22. The van der Waals surface area contributed by atoms with E-state index in [9.17, 15) is 13.2 Å². The second kappa shape index (κ2) is 4.86. The van der Waals surface area contributed by atoms with Crippen molar-refractivity contribution in [2.75, 3.05) is 0 Å². The zero-order chi connectivity index (χ0) is 16.9. The molecule has 1 aliphatic carbocycles. The molecule has 0 saturated heterocycles. The van der Waals surface area contributed by atoms with Gasteiger partial charge in [0.1, 0.15) is 5.69 Å². The molecule has 0 bridgehead atoms. The lowest BCUT2D eigenvalue weighted by atomic mass is 10.1. The lowest BCUT2D eigenvalue weighted by molar-refractivity contribution is -0.137. The van der Waals surface area contributed by atoms with Crippen molar-refractivity contribution >= 4 is 16.7 Å². The van der Waals surface area contributed by atoms with Crippen LogP contribution in [0.15, 0.2) is 47.6 Å². The molecule has 0 spiro atoms. The Bertz CT molecular complexity index is 1060. The Labute approximate surface area is 134 Å². The van der Waals surface area contributed by atoms with Gasteiger partial charge in [0, 0.05) is 11.1 Å². The van der Waals surface area contributed by atoms with Crippen LogP contribution in [-0.2, 0) is 6.18 Å². The van der Waals surface area contributed by atoms with Crippen LogP contribution < -0.4 is 0 Å². The molecule has 2 aromatic carbocycles. The third-order valence-electron chi connectivity index (χ3n) is 3.80. The van der Waals surface area contributed by atoms with Crippen LogP contribution in [0.2, 0.25) is 0 Å². The number of halogens is 3. The molecular formula is C17H7F3N4. The van der Waals surface area contributed by atoms with E-state index in [1.54, 1.807) is 24.3 Å². The van der Waals surface area contributed by atoms with Gasteiger partial charge in [-0.05, 0) is 18.2 Å². The standard InChI is InChI=1S/C17H7F3N4/c1-21-24-15-11-5-3-2-4-10(11)14-16(15)22-12-7-6-9(17(18,19)20)8-13(12)23-14/h2-8H/b24-15+. The van der Waals surface area contributed by atoms with E-state index in [0.717, 1.165) is 12.1 Å². The minimum Gasteiger partial charge on any atom is -0.244 e. The van der Waals surface area contributed by atoms with Crippen LogP contribution in [-0.4, -0.2) is 15.7 Å². The van der Waals surface area contributed by atoms with Crippen molar-refractivity contribution in [3.63, 3.8) is 0 Å². The van der Waals surface area contributed by atoms with E-state index in [4.69, 9.17) is 6.57 Å². The van der Waals surface area contributed by atoms with Crippen LogP contribution in [0.3, 0.4) is 0 Å². The first kappa shape index (κ1) is 14.3. The SMILES string of the molecule is [C-]#[N+]/N=C1\c2ccccc2-c2nc3cc(C(F)(F)F)ccc3nc21. The average molecular weight is 324 g/mol. The topological polar surface area (TPSA) is 42.5 Å². The first-order valence-corrected chi connectivity index (χ1v) is 6.92. The molecular weight excluding hydrogens is 317 g/mol. The molecule has 1 aliphatic rings. The van der Waals surface area contributed by atoms with E-state index in [1.807, 2.05) is 0 Å². The zero-order valence-electron chi connectivity index (χ0n) is 12.0. The third-order valence-corrected chi connectivity index (χ3v) is 3.80. The summed E-state index contributed by atoms with van der Waals surface area (Å²) in [6.45, 7) is 6.97. The number of hydrogen-bond donors (Lipinski definition) is 0. The number of alkyl halides is 3. The Morgan fingerprint density at radius 3 is 2.33 bits per heavy atom. The number of aromatic nitrogens is 2. The Hall–Kier alpha value is -3.27. The van der Waals surface area contributed by atoms with Crippen molar-refractivity contribution < 1.29 is 13.2 Å². The fraction of sp³-hybridized carbons (Fsp3) is 0.0588. The lowest BCUT2D eigenvalue weighted by Gasteiger charge is -2.08. The summed E-state index contributed by atoms with van der Waals surface area (Å²) in [5.74, 6) is 0. The molecule has 0 radical (unpaired) electrons. The van der Waals surface area contributed by atoms with Gasteiger partial charge in [0.05, 0.1) is 27.4 Å². The summed E-state index contributed by atoms with van der Waals surface area (Å²) in [4.78, 5) is 11.8. The maximum Gasteiger partial charge on any atom is 0.416 e. The van der Waals surface area contributed by atoms with Gasteiger partial charge in [-0.25, -0.2) is 9.97 Å². The van der Waals surface area contributed by atoms with Crippen molar-refractivity contribution in [3.8, 4) is 11.3 Å². The molecule has 0 amide bonds. The van der Waals surface area contributed by atoms with Crippen molar-refractivity contribution in [1.29, 1.82) is 0 Å². The fourth-order valence-corrected chi connectivity index (χ4v) is 2.76. The number of rotatable bonds is 0. The maximum atomic E-state index is 12.9. The Balaban J connectivity index is 2.03. The molecule has 4 rings (SSSR count). The van der Waals surface area contributed by atoms with E-state index in [2.05, 4.69) is 20.0 Å². The molecule has 0 N–H and O–H groups in total. The Morgan fingerprint density at radius 2 is 1.62 bits per heavy atom. The summed E-state index contributed by atoms with van der Waals surface area (Å²) in [5, 5.41) is 3.80. The van der Waals surface area contributed by atoms with E-state index in [-0.39, 0.29) is 5.52 Å². The predicted molar refractivity (Wildman–Crippen MR) is 82.2 cm³/mol. The first-order chi connectivity index (χ1) is 11.5. The molecule has 116 valence electrons. The van der Waals surface area contributed by atoms with Crippen LogP contribution in [0.4, 0.5) is 13.2 Å². The Morgan fingerprint density at radius 1 is 0.917 bits per heavy atom. The van der Waals surface area contributed by atoms with Crippen molar-refractivity contribution in [2.45, 2.75) is 6.18 Å². The first-order valence-electron chi connectivity index (χ1n) is 6.92. The highest BCUT2D eigenvalue weighted by molar-refractivity contribution is 6.23. The minimum atomic E-state index is -4.44. The monoisotopic (exact) mass is 324 g/mol. The van der Waals surface area contributed by atoms with E-state index < -0.39 is 11.7 Å². The molecule has 24 heavy (non-hydrogen) atoms. The summed E-state index contributed by atoms with van der Waals surface area (Å²) in [5.41, 5.74) is 2.38. The molecule has 0 atom stereocenters. The lowest BCUT2D eigenvalue weighted by Crippen LogP contribution is -2.06. The van der Waals surface area contributed by atoms with Gasteiger partial charge in [0.25, 0.3) is 0 Å². The third kappa shape index (κ3) is 2.04. The van der Waals surface area contributed by atoms with Crippen LogP contribution in [0.25, 0.3) is 27.2 Å². The van der Waals surface area contributed by atoms with Gasteiger partial charge in [0.15, 0.2) is 5.71 Å². The highest BCUT2D eigenvalue weighted by Gasteiger charge is 2.33. The quantitative estimate of drug-likeness (QED) is 0.357. The number of hydrogen-bond acceptors (Lipinski definition) is 3. The van der Waals surface area contributed by atoms with Crippen LogP contribution >= 0.6 is 0 Å². The summed E-state index contributed by atoms with van der Waals surface area (Å²) in [7, 11) is 0. The molecule has 0 unspecified atom stereocenters. The predicted octanol–water partition coefficient (Wildman–Crippen LogP) is 4.30. The van der Waals surface area contributed by atoms with Crippen molar-refractivity contribution in [3.05, 3.63) is 70.8 Å². The normalized spacial score (nSPS) is 14.5. The highest BCUT2D eigenvalue weighted by Crippen LogP contribution is 2.37. The summed E-state index contributed by atoms with van der Waals surface area (Å²) in [6.07, 6.45) is -4.44. The van der Waals surface area contributed by atoms with Gasteiger partial charge in [-0.3, -0.25) is 0 Å². The Kier molecular flexibility index (Phi) is 2.90. The maximum absolute atomic E-state index is 12.9. The average Bonchev–Trinajstić information content (AvgIpc) is 2.86. The fourth-order valence-electron chi connectivity index (χ4n) is 2.76. The summed E-state index contributed by atoms with van der Waals surface area (Å²) < 4.78 is 38.7. The van der Waals surface area contributed by atoms with Crippen LogP contribution in [0, 0.1) is 6.57 Å². The van der Waals surface area contributed by atoms with Gasteiger partial charge in [-0.2, -0.15) is 19.7 Å². The van der Waals surface area contributed by atoms with Crippen molar-refractivity contribution in [1.82, 2.24) is 9.97 Å². The van der Waals surface area contributed by atoms with Gasteiger partial charge >= 0.3 is 6.18 Å². The van der Waals surface area contributed by atoms with Gasteiger partial charge < -0.3 is 0 Å². The minimum absolute atomic E-state index is 0.155. The van der Waals surface area contributed by atoms with E-state index in [1.165, 1.54) is 6.07 Å². The van der Waals surface area contributed by atoms with Gasteiger partial charge in [-0.1, -0.05) is 24.3 Å². The van der Waals surface area contributed by atoms with E-state index in [0.29, 0.717) is 33.7 Å². The molecule has 4 nitrogen and oxygen atoms in total. The molecule has 0 fully saturated rings. The van der Waals surface area contributed by atoms with Gasteiger partial charge in [-0.15, -0.1) is 4.95 Å². The summed E-state index contributed by atoms with van der Waals surface area (Å²) >= 11 is 0. The van der Waals surface area contributed by atoms with Crippen LogP contribution in [0.1, 0.15) is 16.8 Å². The van der Waals surface area contributed by atoms with Gasteiger partial charge in [0.2, 0.25) is 0 Å². The molecule has 1 heterocycles. The van der Waals surface area contributed by atoms with E-state index >= 15 is 0 Å². The molecule has 0 saturated carbocycles. The number of fused-ring (bicyclic) bond motifs is 4.